The Bertz CT molecular complexity index is 1400. The Balaban J connectivity index is 1.92. The number of nitriles is 1. The van der Waals surface area contributed by atoms with Crippen LogP contribution in [0.3, 0.4) is 0 Å². The van der Waals surface area contributed by atoms with Crippen LogP contribution in [0.25, 0.3) is 17.4 Å². The number of carbonyl (C=O) groups excluding carboxylic acids is 3. The Hall–Kier alpha value is -3.00. The molecule has 36 heavy (non-hydrogen) atoms. The second-order valence-corrected chi connectivity index (χ2v) is 10.3. The van der Waals surface area contributed by atoms with Crippen LogP contribution in [-0.4, -0.2) is 30.9 Å². The zero-order chi connectivity index (χ0) is 26.4. The number of thiophene rings is 1. The van der Waals surface area contributed by atoms with E-state index in [1.54, 1.807) is 32.9 Å². The summed E-state index contributed by atoms with van der Waals surface area (Å²) < 4.78 is 17.7. The summed E-state index contributed by atoms with van der Waals surface area (Å²) in [5.74, 6) is -0.871. The van der Waals surface area contributed by atoms with Crippen molar-refractivity contribution in [1.29, 1.82) is 5.26 Å². The molecule has 0 saturated heterocycles. The van der Waals surface area contributed by atoms with Gasteiger partial charge in [-0.05, 0) is 56.7 Å². The molecule has 7 nitrogen and oxygen atoms in total. The van der Waals surface area contributed by atoms with Gasteiger partial charge in [0.2, 0.25) is 0 Å². The number of Topliss-reactive ketones (excluding diaryl/α,β-unsaturated/α-hetero) is 1. The van der Waals surface area contributed by atoms with Gasteiger partial charge in [-0.15, -0.1) is 11.3 Å². The highest BCUT2D eigenvalue weighted by Gasteiger charge is 2.28. The van der Waals surface area contributed by atoms with Crippen molar-refractivity contribution in [3.8, 4) is 17.4 Å². The second kappa shape index (κ2) is 12.3. The number of carbonyl (C=O) groups is 3. The Labute approximate surface area is 229 Å². The molecule has 2 aromatic heterocycles. The van der Waals surface area contributed by atoms with E-state index in [1.807, 2.05) is 24.3 Å². The van der Waals surface area contributed by atoms with E-state index in [9.17, 15) is 19.6 Å². The summed E-state index contributed by atoms with van der Waals surface area (Å²) >= 11 is 7.90. The van der Waals surface area contributed by atoms with Gasteiger partial charge >= 0.3 is 11.9 Å². The zero-order valence-corrected chi connectivity index (χ0v) is 23.6. The van der Waals surface area contributed by atoms with E-state index in [-0.39, 0.29) is 35.6 Å². The van der Waals surface area contributed by atoms with Gasteiger partial charge in [-0.1, -0.05) is 31.9 Å². The van der Waals surface area contributed by atoms with Crippen LogP contribution in [0.4, 0.5) is 0 Å². The lowest BCUT2D eigenvalue weighted by atomic mass is 10.0. The number of rotatable bonds is 9. The summed E-state index contributed by atoms with van der Waals surface area (Å²) in [6.07, 6.45) is 1.09. The first kappa shape index (κ1) is 27.6. The van der Waals surface area contributed by atoms with Gasteiger partial charge in [0.15, 0.2) is 5.78 Å². The predicted octanol–water partition coefficient (Wildman–Crippen LogP) is 6.91. The van der Waals surface area contributed by atoms with Crippen molar-refractivity contribution < 1.29 is 28.3 Å². The van der Waals surface area contributed by atoms with Crippen LogP contribution in [0.2, 0.25) is 0 Å². The maximum Gasteiger partial charge on any atom is 0.348 e. The Morgan fingerprint density at radius 2 is 1.78 bits per heavy atom. The molecule has 0 spiro atoms. The summed E-state index contributed by atoms with van der Waals surface area (Å²) in [6, 6.07) is 10.9. The van der Waals surface area contributed by atoms with E-state index < -0.39 is 17.7 Å². The molecule has 186 valence electrons. The molecule has 3 rings (SSSR count). The topological polar surface area (TPSA) is 107 Å². The van der Waals surface area contributed by atoms with E-state index in [4.69, 9.17) is 13.9 Å². The van der Waals surface area contributed by atoms with E-state index >= 15 is 0 Å². The molecule has 0 radical (unpaired) electrons. The molecule has 0 saturated carbocycles. The van der Waals surface area contributed by atoms with E-state index in [0.717, 1.165) is 25.8 Å². The third-order valence-corrected chi connectivity index (χ3v) is 7.47. The van der Waals surface area contributed by atoms with Gasteiger partial charge in [0, 0.05) is 31.9 Å². The molecule has 3 aromatic rings. The number of halogens is 2. The van der Waals surface area contributed by atoms with Gasteiger partial charge in [0.05, 0.1) is 24.4 Å². The van der Waals surface area contributed by atoms with E-state index in [0.29, 0.717) is 22.0 Å². The van der Waals surface area contributed by atoms with E-state index in [1.165, 1.54) is 6.08 Å². The molecule has 0 aliphatic heterocycles. The SMILES string of the molecule is CCOC(=O)c1sc(CC(=O)C(C#N)=Cc2ccc(-c3cc(Br)ccc3Br)o2)c(C(=O)OCC)c1C. The fourth-order valence-corrected chi connectivity index (χ4v) is 5.37. The quantitative estimate of drug-likeness (QED) is 0.143. The average Bonchev–Trinajstić information content (AvgIpc) is 3.43. The van der Waals surface area contributed by atoms with Gasteiger partial charge < -0.3 is 13.9 Å². The van der Waals surface area contributed by atoms with Crippen molar-refractivity contribution in [2.45, 2.75) is 27.2 Å². The number of benzene rings is 1. The molecule has 0 aliphatic carbocycles. The number of ether oxygens (including phenoxy) is 2. The normalized spacial score (nSPS) is 11.2. The lowest BCUT2D eigenvalue weighted by Crippen LogP contribution is -2.12. The highest BCUT2D eigenvalue weighted by atomic mass is 79.9. The van der Waals surface area contributed by atoms with Crippen LogP contribution >= 0.6 is 43.2 Å². The Morgan fingerprint density at radius 1 is 1.08 bits per heavy atom. The monoisotopic (exact) mass is 633 g/mol. The lowest BCUT2D eigenvalue weighted by molar-refractivity contribution is -0.114. The second-order valence-electron chi connectivity index (χ2n) is 7.39. The lowest BCUT2D eigenvalue weighted by Gasteiger charge is -2.05. The molecule has 0 unspecified atom stereocenters. The summed E-state index contributed by atoms with van der Waals surface area (Å²) in [4.78, 5) is 38.6. The average molecular weight is 635 g/mol. The molecule has 0 aliphatic rings. The van der Waals surface area contributed by atoms with Crippen LogP contribution in [0, 0.1) is 18.3 Å². The summed E-state index contributed by atoms with van der Waals surface area (Å²) in [5, 5.41) is 9.66. The number of hydrogen-bond acceptors (Lipinski definition) is 8. The van der Waals surface area contributed by atoms with Crippen LogP contribution in [0.1, 0.15) is 50.1 Å². The maximum atomic E-state index is 13.1. The van der Waals surface area contributed by atoms with Crippen LogP contribution in [0.15, 0.2) is 49.3 Å². The minimum atomic E-state index is -0.637. The van der Waals surface area contributed by atoms with Gasteiger partial charge in [-0.3, -0.25) is 4.79 Å². The van der Waals surface area contributed by atoms with Crippen molar-refractivity contribution in [2.24, 2.45) is 0 Å². The first-order valence-electron chi connectivity index (χ1n) is 10.9. The number of furan rings is 1. The predicted molar refractivity (Wildman–Crippen MR) is 143 cm³/mol. The maximum absolute atomic E-state index is 13.1. The number of nitrogens with zero attached hydrogens (tertiary/aromatic N) is 1. The fourth-order valence-electron chi connectivity index (χ4n) is 3.38. The first-order valence-corrected chi connectivity index (χ1v) is 13.3. The van der Waals surface area contributed by atoms with Gasteiger partial charge in [-0.25, -0.2) is 9.59 Å². The highest BCUT2D eigenvalue weighted by molar-refractivity contribution is 9.11. The van der Waals surface area contributed by atoms with E-state index in [2.05, 4.69) is 31.9 Å². The summed E-state index contributed by atoms with van der Waals surface area (Å²) in [6.45, 7) is 5.25. The first-order chi connectivity index (χ1) is 17.2. The van der Waals surface area contributed by atoms with Crippen LogP contribution < -0.4 is 0 Å². The highest BCUT2D eigenvalue weighted by Crippen LogP contribution is 2.33. The third kappa shape index (κ3) is 6.22. The molecule has 0 N–H and O–H groups in total. The molecule has 0 atom stereocenters. The largest absolute Gasteiger partial charge is 0.462 e. The van der Waals surface area contributed by atoms with Crippen molar-refractivity contribution in [3.05, 3.63) is 71.5 Å². The minimum absolute atomic E-state index is 0.133. The Kier molecular flexibility index (Phi) is 9.43. The third-order valence-electron chi connectivity index (χ3n) is 5.01. The van der Waals surface area contributed by atoms with Crippen molar-refractivity contribution >= 4 is 67.0 Å². The van der Waals surface area contributed by atoms with Crippen molar-refractivity contribution in [3.63, 3.8) is 0 Å². The van der Waals surface area contributed by atoms with Gasteiger partial charge in [0.1, 0.15) is 22.5 Å². The zero-order valence-electron chi connectivity index (χ0n) is 19.6. The number of esters is 2. The summed E-state index contributed by atoms with van der Waals surface area (Å²) in [5.41, 5.74) is 1.18. The number of allylic oxidation sites excluding steroid dienone is 1. The number of hydrogen-bond donors (Lipinski definition) is 0. The van der Waals surface area contributed by atoms with Crippen molar-refractivity contribution in [1.82, 2.24) is 0 Å². The molecule has 2 heterocycles. The molecule has 1 aromatic carbocycles. The summed E-state index contributed by atoms with van der Waals surface area (Å²) in [7, 11) is 0. The van der Waals surface area contributed by atoms with Crippen molar-refractivity contribution in [2.75, 3.05) is 13.2 Å². The molecular formula is C26H21Br2NO6S. The molecule has 0 amide bonds. The van der Waals surface area contributed by atoms with Gasteiger partial charge in [-0.2, -0.15) is 5.26 Å². The standard InChI is InChI=1S/C26H21Br2NO6S/c1-4-33-25(31)23-14(3)24(26(32)34-5-2)36-22(23)12-20(30)15(13-29)10-17-7-9-21(35-17)18-11-16(27)6-8-19(18)28/h6-11H,4-5,12H2,1-3H3. The van der Waals surface area contributed by atoms with Gasteiger partial charge in [0.25, 0.3) is 0 Å². The molecule has 0 fully saturated rings. The molecule has 10 heteroatoms. The Morgan fingerprint density at radius 3 is 2.44 bits per heavy atom. The smallest absolute Gasteiger partial charge is 0.348 e. The van der Waals surface area contributed by atoms with Crippen LogP contribution in [0.5, 0.6) is 0 Å². The molecule has 0 bridgehead atoms. The fraction of sp³-hybridized carbons (Fsp3) is 0.231. The van der Waals surface area contributed by atoms with Crippen LogP contribution in [-0.2, 0) is 20.7 Å². The number of ketones is 1. The minimum Gasteiger partial charge on any atom is -0.462 e. The molecular weight excluding hydrogens is 614 g/mol.